The summed E-state index contributed by atoms with van der Waals surface area (Å²) in [7, 11) is 0. The second-order valence-corrected chi connectivity index (χ2v) is 24.6. The van der Waals surface area contributed by atoms with Crippen LogP contribution in [0, 0.1) is 6.92 Å². The van der Waals surface area contributed by atoms with Crippen LogP contribution in [0.3, 0.4) is 0 Å². The molecule has 0 nitrogen and oxygen atoms in total. The second kappa shape index (κ2) is 17.6. The summed E-state index contributed by atoms with van der Waals surface area (Å²) in [5.41, 5.74) is 11.4. The molecular formula is C44H52Cl2SiZr-2. The molecule has 6 rings (SSSR count). The molecule has 0 spiro atoms. The van der Waals surface area contributed by atoms with Gasteiger partial charge in [-0.1, -0.05) is 134 Å². The Morgan fingerprint density at radius 3 is 1.58 bits per heavy atom. The molecule has 0 aliphatic rings. The fourth-order valence-corrected chi connectivity index (χ4v) is 5.78. The third-order valence-electron chi connectivity index (χ3n) is 8.59. The quantitative estimate of drug-likeness (QED) is 0.131. The SMILES string of the molecule is CC(C)c1cc2c(-c3ccc(C(C)(C)C)cc3)cccc2[cH-]1.C[Si](C)=[Zr+2].Cc1ccc(-c2ccc(C(C)(C)C)cc2)c2cc[cH-]c12.[Cl-].[Cl-]. The molecule has 4 heteroatoms. The van der Waals surface area contributed by atoms with Crippen LogP contribution >= 0.6 is 0 Å². The van der Waals surface area contributed by atoms with Gasteiger partial charge >= 0.3 is 41.9 Å². The minimum absolute atomic E-state index is 0. The molecule has 0 heterocycles. The summed E-state index contributed by atoms with van der Waals surface area (Å²) < 4.78 is 0. The number of hydrogen-bond donors (Lipinski definition) is 0. The van der Waals surface area contributed by atoms with Crippen molar-refractivity contribution in [3.05, 3.63) is 131 Å². The van der Waals surface area contributed by atoms with E-state index in [1.165, 1.54) is 66.1 Å². The topological polar surface area (TPSA) is 0 Å². The van der Waals surface area contributed by atoms with Gasteiger partial charge in [-0.05, 0) is 39.0 Å². The van der Waals surface area contributed by atoms with E-state index < -0.39 is 0 Å². The summed E-state index contributed by atoms with van der Waals surface area (Å²) in [6.45, 7) is 24.8. The van der Waals surface area contributed by atoms with E-state index in [1.54, 1.807) is 23.3 Å². The second-order valence-electron chi connectivity index (χ2n) is 15.2. The summed E-state index contributed by atoms with van der Waals surface area (Å²) in [4.78, 5) is 0. The van der Waals surface area contributed by atoms with E-state index >= 15 is 0 Å². The first-order valence-electron chi connectivity index (χ1n) is 16.6. The number of aryl methyl sites for hydroxylation is 1. The van der Waals surface area contributed by atoms with Crippen molar-refractivity contribution >= 4 is 27.0 Å². The molecule has 252 valence electrons. The molecule has 0 bridgehead atoms. The van der Waals surface area contributed by atoms with E-state index in [0.29, 0.717) is 5.92 Å². The van der Waals surface area contributed by atoms with E-state index in [0.717, 1.165) is 0 Å². The van der Waals surface area contributed by atoms with Crippen molar-refractivity contribution < 1.29 is 48.1 Å². The van der Waals surface area contributed by atoms with Crippen LogP contribution in [0.2, 0.25) is 13.1 Å². The predicted molar refractivity (Wildman–Crippen MR) is 204 cm³/mol. The van der Waals surface area contributed by atoms with E-state index in [4.69, 9.17) is 0 Å². The average Bonchev–Trinajstić information content (AvgIpc) is 3.65. The smallest absolute Gasteiger partial charge is 0.0132 e. The summed E-state index contributed by atoms with van der Waals surface area (Å²) in [5, 5.41) is 5.44. The van der Waals surface area contributed by atoms with E-state index in [9.17, 15) is 0 Å². The normalized spacial score (nSPS) is 11.2. The first kappa shape index (κ1) is 41.9. The Balaban J connectivity index is 0.000000290. The molecule has 0 unspecified atom stereocenters. The monoisotopic (exact) mass is 768 g/mol. The van der Waals surface area contributed by atoms with Gasteiger partial charge in [0.2, 0.25) is 0 Å². The minimum Gasteiger partial charge on any atom is -1.00 e. The zero-order chi connectivity index (χ0) is 33.8. The molecule has 0 radical (unpaired) electrons. The van der Waals surface area contributed by atoms with Crippen molar-refractivity contribution in [2.75, 3.05) is 0 Å². The molecule has 0 aliphatic carbocycles. The maximum absolute atomic E-state index is 2.35. The molecule has 48 heavy (non-hydrogen) atoms. The number of halogens is 2. The molecule has 0 aromatic heterocycles. The fourth-order valence-electron chi connectivity index (χ4n) is 5.78. The average molecular weight is 771 g/mol. The molecule has 0 aliphatic heterocycles. The Bertz CT molecular complexity index is 1900. The summed E-state index contributed by atoms with van der Waals surface area (Å²) in [6, 6.07) is 40.4. The predicted octanol–water partition coefficient (Wildman–Crippen LogP) is 7.27. The molecule has 6 aromatic rings. The summed E-state index contributed by atoms with van der Waals surface area (Å²) in [6.07, 6.45) is 0. The zero-order valence-corrected chi connectivity index (χ0v) is 35.7. The van der Waals surface area contributed by atoms with Crippen molar-refractivity contribution in [3.8, 4) is 22.3 Å². The Morgan fingerprint density at radius 2 is 1.12 bits per heavy atom. The van der Waals surface area contributed by atoms with Gasteiger partial charge in [-0.15, -0.1) is 63.0 Å². The summed E-state index contributed by atoms with van der Waals surface area (Å²) >= 11 is 1.74. The van der Waals surface area contributed by atoms with E-state index in [1.807, 2.05) is 0 Å². The van der Waals surface area contributed by atoms with Gasteiger partial charge < -0.3 is 24.8 Å². The first-order valence-corrected chi connectivity index (χ1v) is 22.8. The van der Waals surface area contributed by atoms with Crippen LogP contribution in [0.5, 0.6) is 0 Å². The van der Waals surface area contributed by atoms with Crippen molar-refractivity contribution in [2.45, 2.75) is 92.2 Å². The molecule has 6 aromatic carbocycles. The van der Waals surface area contributed by atoms with Gasteiger partial charge in [0.25, 0.3) is 0 Å². The first-order chi connectivity index (χ1) is 21.6. The third-order valence-corrected chi connectivity index (χ3v) is 8.59. The molecule has 0 saturated carbocycles. The molecule has 0 saturated heterocycles. The van der Waals surface area contributed by atoms with Gasteiger partial charge in [0.1, 0.15) is 0 Å². The van der Waals surface area contributed by atoms with Gasteiger partial charge in [-0.2, -0.15) is 18.2 Å². The minimum atomic E-state index is 0. The van der Waals surface area contributed by atoms with Crippen LogP contribution in [-0.4, -0.2) is 5.43 Å². The third kappa shape index (κ3) is 10.6. The summed E-state index contributed by atoms with van der Waals surface area (Å²) in [5.74, 6) is 0.573. The van der Waals surface area contributed by atoms with E-state index in [2.05, 4.69) is 185 Å². The van der Waals surface area contributed by atoms with Crippen LogP contribution in [0.4, 0.5) is 0 Å². The van der Waals surface area contributed by atoms with Gasteiger partial charge in [0, 0.05) is 0 Å². The van der Waals surface area contributed by atoms with Gasteiger partial charge in [0.05, 0.1) is 0 Å². The van der Waals surface area contributed by atoms with Gasteiger partial charge in [-0.25, -0.2) is 0 Å². The van der Waals surface area contributed by atoms with Crippen molar-refractivity contribution in [1.82, 2.24) is 0 Å². The Morgan fingerprint density at radius 1 is 0.646 bits per heavy atom. The molecule has 0 N–H and O–H groups in total. The maximum Gasteiger partial charge on any atom is -0.0132 e. The van der Waals surface area contributed by atoms with Crippen LogP contribution < -0.4 is 24.8 Å². The molecule has 0 amide bonds. The van der Waals surface area contributed by atoms with Crippen LogP contribution in [-0.2, 0) is 34.2 Å². The van der Waals surface area contributed by atoms with Gasteiger partial charge in [0.15, 0.2) is 0 Å². The van der Waals surface area contributed by atoms with Crippen molar-refractivity contribution in [2.24, 2.45) is 0 Å². The van der Waals surface area contributed by atoms with Crippen LogP contribution in [0.15, 0.2) is 109 Å². The standard InChI is InChI=1S/C22H25.C20H21.C2H6Si.2ClH.Zr/c1-15(2)18-13-17-7-6-8-20(21(17)14-18)16-9-11-19(12-10-16)22(3,4)5;1-14-8-13-18(19-7-5-6-17(14)19)15-9-11-16(12-10-15)20(2,3)4;1-3-2;;;/h6-15H,1-5H3;5-13H,1-4H3;1-2H3;2*1H;/q2*-1;;;;+2/p-2. The van der Waals surface area contributed by atoms with Crippen LogP contribution in [0.1, 0.15) is 83.6 Å². The zero-order valence-electron chi connectivity index (χ0n) is 30.7. The van der Waals surface area contributed by atoms with Gasteiger partial charge in [-0.3, -0.25) is 0 Å². The Kier molecular flexibility index (Phi) is 15.4. The number of benzene rings is 4. The number of rotatable bonds is 3. The van der Waals surface area contributed by atoms with Crippen molar-refractivity contribution in [1.29, 1.82) is 0 Å². The number of hydrogen-bond acceptors (Lipinski definition) is 0. The maximum atomic E-state index is 2.35. The molecular weight excluding hydrogens is 719 g/mol. The Labute approximate surface area is 318 Å². The largest absolute Gasteiger partial charge is 1.00 e. The molecule has 0 fully saturated rings. The number of fused-ring (bicyclic) bond motifs is 2. The Hall–Kier alpha value is -2.22. The van der Waals surface area contributed by atoms with E-state index in [-0.39, 0.29) is 41.1 Å². The van der Waals surface area contributed by atoms with Crippen molar-refractivity contribution in [3.63, 3.8) is 0 Å². The molecule has 0 atom stereocenters. The fraction of sp³-hybridized carbons (Fsp3) is 0.318. The van der Waals surface area contributed by atoms with Crippen LogP contribution in [0.25, 0.3) is 43.8 Å².